The second-order valence-electron chi connectivity index (χ2n) is 7.52. The fourth-order valence-corrected chi connectivity index (χ4v) is 3.57. The summed E-state index contributed by atoms with van der Waals surface area (Å²) in [6, 6.07) is 0. The Labute approximate surface area is 166 Å². The van der Waals surface area contributed by atoms with E-state index >= 15 is 0 Å². The van der Waals surface area contributed by atoms with Crippen LogP contribution in [0.25, 0.3) is 0 Å². The fraction of sp³-hybridized carbons (Fsp3) is 0.947. The van der Waals surface area contributed by atoms with Crippen molar-refractivity contribution in [3.8, 4) is 0 Å². The molecule has 0 saturated carbocycles. The van der Waals surface area contributed by atoms with Gasteiger partial charge in [0.05, 0.1) is 19.3 Å². The lowest BCUT2D eigenvalue weighted by Crippen LogP contribution is -2.41. The largest absolute Gasteiger partial charge is 0.401 e. The van der Waals surface area contributed by atoms with Crippen LogP contribution in [0.15, 0.2) is 4.99 Å². The Bertz CT molecular complexity index is 449. The minimum atomic E-state index is -4.10. The summed E-state index contributed by atoms with van der Waals surface area (Å²) in [5.74, 6) is 1.27. The van der Waals surface area contributed by atoms with Gasteiger partial charge in [0, 0.05) is 32.8 Å². The summed E-state index contributed by atoms with van der Waals surface area (Å²) in [5, 5.41) is 6.56. The summed E-state index contributed by atoms with van der Waals surface area (Å²) in [5.41, 5.74) is 0. The number of nitrogens with one attached hydrogen (secondary N) is 2. The van der Waals surface area contributed by atoms with Crippen LogP contribution in [0.5, 0.6) is 0 Å². The lowest BCUT2D eigenvalue weighted by atomic mass is 9.93. The average molecular weight is 409 g/mol. The zero-order chi connectivity index (χ0) is 20.2. The van der Waals surface area contributed by atoms with Gasteiger partial charge in [-0.05, 0) is 58.0 Å². The molecule has 2 rings (SSSR count). The number of piperidine rings is 1. The van der Waals surface area contributed by atoms with Crippen molar-refractivity contribution in [2.24, 2.45) is 10.9 Å². The van der Waals surface area contributed by atoms with Crippen LogP contribution in [0.3, 0.4) is 0 Å². The van der Waals surface area contributed by atoms with Crippen molar-refractivity contribution < 1.29 is 22.6 Å². The first-order valence-electron chi connectivity index (χ1n) is 10.5. The fourth-order valence-electron chi connectivity index (χ4n) is 3.57. The van der Waals surface area contributed by atoms with Crippen molar-refractivity contribution in [3.63, 3.8) is 0 Å². The van der Waals surface area contributed by atoms with Crippen LogP contribution in [0.4, 0.5) is 13.2 Å². The molecule has 2 saturated heterocycles. The third-order valence-electron chi connectivity index (χ3n) is 5.11. The second kappa shape index (κ2) is 12.5. The van der Waals surface area contributed by atoms with Gasteiger partial charge in [0.15, 0.2) is 5.96 Å². The predicted octanol–water partition coefficient (Wildman–Crippen LogP) is 2.40. The molecule has 0 aromatic heterocycles. The number of hydrogen-bond donors (Lipinski definition) is 2. The predicted molar refractivity (Wildman–Crippen MR) is 104 cm³/mol. The molecule has 0 amide bonds. The Hall–Kier alpha value is -1.06. The van der Waals surface area contributed by atoms with E-state index in [-0.39, 0.29) is 6.10 Å². The molecule has 9 heteroatoms. The molecule has 0 aliphatic carbocycles. The summed E-state index contributed by atoms with van der Waals surface area (Å²) in [6.45, 7) is 6.74. The van der Waals surface area contributed by atoms with E-state index in [0.29, 0.717) is 38.8 Å². The molecule has 0 aromatic carbocycles. The van der Waals surface area contributed by atoms with E-state index in [1.165, 1.54) is 4.90 Å². The zero-order valence-corrected chi connectivity index (χ0v) is 16.9. The average Bonchev–Trinajstić information content (AvgIpc) is 3.15. The smallest absolute Gasteiger partial charge is 0.379 e. The van der Waals surface area contributed by atoms with Crippen LogP contribution in [0, 0.1) is 5.92 Å². The van der Waals surface area contributed by atoms with Crippen LogP contribution in [-0.2, 0) is 9.47 Å². The highest BCUT2D eigenvalue weighted by Crippen LogP contribution is 2.23. The maximum absolute atomic E-state index is 12.4. The van der Waals surface area contributed by atoms with Gasteiger partial charge in [-0.2, -0.15) is 13.2 Å². The zero-order valence-electron chi connectivity index (χ0n) is 16.9. The SMILES string of the molecule is CCNC(=NCCCOC1CCOC1)NCCC1CCN(CC(F)(F)F)CC1. The standard InChI is InChI=1S/C19H35F3N4O2/c1-2-23-18(24-8-3-12-28-17-7-13-27-14-17)25-9-4-16-5-10-26(11-6-16)15-19(20,21)22/h16-17H,2-15H2,1H3,(H2,23,24,25). The highest BCUT2D eigenvalue weighted by Gasteiger charge is 2.32. The third kappa shape index (κ3) is 9.93. The summed E-state index contributed by atoms with van der Waals surface area (Å²) in [6.07, 6.45) is 0.587. The molecule has 6 nitrogen and oxygen atoms in total. The first-order valence-corrected chi connectivity index (χ1v) is 10.5. The lowest BCUT2D eigenvalue weighted by Gasteiger charge is -2.32. The number of halogens is 3. The van der Waals surface area contributed by atoms with Crippen LogP contribution >= 0.6 is 0 Å². The van der Waals surface area contributed by atoms with E-state index in [0.717, 1.165) is 57.8 Å². The Morgan fingerprint density at radius 2 is 2.00 bits per heavy atom. The van der Waals surface area contributed by atoms with E-state index in [2.05, 4.69) is 15.6 Å². The molecule has 1 unspecified atom stereocenters. The summed E-state index contributed by atoms with van der Waals surface area (Å²) in [7, 11) is 0. The number of alkyl halides is 3. The number of guanidine groups is 1. The molecule has 28 heavy (non-hydrogen) atoms. The van der Waals surface area contributed by atoms with Gasteiger partial charge in [0.1, 0.15) is 0 Å². The van der Waals surface area contributed by atoms with E-state index in [9.17, 15) is 13.2 Å². The third-order valence-corrected chi connectivity index (χ3v) is 5.11. The van der Waals surface area contributed by atoms with Gasteiger partial charge in [-0.15, -0.1) is 0 Å². The molecule has 2 fully saturated rings. The van der Waals surface area contributed by atoms with Gasteiger partial charge in [-0.1, -0.05) is 0 Å². The molecular formula is C19H35F3N4O2. The molecule has 2 N–H and O–H groups in total. The highest BCUT2D eigenvalue weighted by atomic mass is 19.4. The number of hydrogen-bond acceptors (Lipinski definition) is 4. The van der Waals surface area contributed by atoms with Crippen LogP contribution in [-0.4, -0.2) is 82.2 Å². The molecule has 0 bridgehead atoms. The van der Waals surface area contributed by atoms with Crippen molar-refractivity contribution >= 4 is 5.96 Å². The molecule has 0 radical (unpaired) electrons. The number of likely N-dealkylation sites (tertiary alicyclic amines) is 1. The van der Waals surface area contributed by atoms with Gasteiger partial charge in [0.2, 0.25) is 0 Å². The first-order chi connectivity index (χ1) is 13.5. The van der Waals surface area contributed by atoms with Gasteiger partial charge in [-0.3, -0.25) is 9.89 Å². The lowest BCUT2D eigenvalue weighted by molar-refractivity contribution is -0.148. The molecule has 1 atom stereocenters. The van der Waals surface area contributed by atoms with Crippen molar-refractivity contribution in [1.29, 1.82) is 0 Å². The normalized spacial score (nSPS) is 22.6. The number of rotatable bonds is 10. The molecule has 2 aliphatic heterocycles. The Balaban J connectivity index is 1.56. The molecule has 2 heterocycles. The molecule has 2 aliphatic rings. The topological polar surface area (TPSA) is 58.1 Å². The minimum absolute atomic E-state index is 0.234. The van der Waals surface area contributed by atoms with Crippen molar-refractivity contribution in [3.05, 3.63) is 0 Å². The number of aliphatic imine (C=N–C) groups is 1. The summed E-state index contributed by atoms with van der Waals surface area (Å²) in [4.78, 5) is 6.07. The van der Waals surface area contributed by atoms with Crippen molar-refractivity contribution in [1.82, 2.24) is 15.5 Å². The van der Waals surface area contributed by atoms with Crippen LogP contribution in [0.2, 0.25) is 0 Å². The van der Waals surface area contributed by atoms with Gasteiger partial charge in [-0.25, -0.2) is 0 Å². The quantitative estimate of drug-likeness (QED) is 0.330. The van der Waals surface area contributed by atoms with E-state index < -0.39 is 12.7 Å². The first kappa shape index (κ1) is 23.2. The minimum Gasteiger partial charge on any atom is -0.379 e. The van der Waals surface area contributed by atoms with E-state index in [4.69, 9.17) is 9.47 Å². The molecule has 164 valence electrons. The molecule has 0 aromatic rings. The second-order valence-corrected chi connectivity index (χ2v) is 7.52. The van der Waals surface area contributed by atoms with Crippen molar-refractivity contribution in [2.45, 2.75) is 51.3 Å². The van der Waals surface area contributed by atoms with Gasteiger partial charge in [0.25, 0.3) is 0 Å². The Morgan fingerprint density at radius 1 is 1.21 bits per heavy atom. The Morgan fingerprint density at radius 3 is 2.64 bits per heavy atom. The summed E-state index contributed by atoms with van der Waals surface area (Å²) < 4.78 is 48.3. The summed E-state index contributed by atoms with van der Waals surface area (Å²) >= 11 is 0. The maximum Gasteiger partial charge on any atom is 0.401 e. The van der Waals surface area contributed by atoms with E-state index in [1.807, 2.05) is 6.92 Å². The number of nitrogens with zero attached hydrogens (tertiary/aromatic N) is 2. The van der Waals surface area contributed by atoms with Crippen LogP contribution < -0.4 is 10.6 Å². The highest BCUT2D eigenvalue weighted by molar-refractivity contribution is 5.79. The van der Waals surface area contributed by atoms with Gasteiger partial charge < -0.3 is 20.1 Å². The van der Waals surface area contributed by atoms with Gasteiger partial charge >= 0.3 is 6.18 Å². The molecule has 0 spiro atoms. The monoisotopic (exact) mass is 408 g/mol. The number of ether oxygens (including phenoxy) is 2. The Kier molecular flexibility index (Phi) is 10.4. The van der Waals surface area contributed by atoms with Crippen LogP contribution in [0.1, 0.15) is 39.0 Å². The molecular weight excluding hydrogens is 373 g/mol. The maximum atomic E-state index is 12.4. The van der Waals surface area contributed by atoms with Crippen molar-refractivity contribution in [2.75, 3.05) is 59.1 Å². The van der Waals surface area contributed by atoms with E-state index in [1.54, 1.807) is 0 Å².